The zero-order valence-electron chi connectivity index (χ0n) is 3.41. The Morgan fingerprint density at radius 1 is 1.71 bits per heavy atom. The molecule has 0 radical (unpaired) electrons. The lowest BCUT2D eigenvalue weighted by atomic mass is 10.8. The molecular weight excluding hydrogens is 99.0 g/mol. The zero-order chi connectivity index (χ0) is 5.28. The molecule has 4 heteroatoms. The Bertz CT molecular complexity index is 145. The van der Waals surface area contributed by atoms with E-state index < -0.39 is 0 Å². The van der Waals surface area contributed by atoms with Gasteiger partial charge in [-0.1, -0.05) is 4.85 Å². The third kappa shape index (κ3) is 0.534. The van der Waals surface area contributed by atoms with E-state index >= 15 is 0 Å². The van der Waals surface area contributed by atoms with Gasteiger partial charge in [-0.05, 0) is 4.48 Å². The second-order valence-electron chi connectivity index (χ2n) is 1.08. The third-order valence-corrected chi connectivity index (χ3v) is 0.611. The van der Waals surface area contributed by atoms with Crippen LogP contribution in [0.25, 0.3) is 0 Å². The SMILES string of the molecule is [O-][n+]1cccn1F. The Morgan fingerprint density at radius 2 is 2.43 bits per heavy atom. The largest absolute Gasteiger partial charge is 0.594 e. The molecule has 0 bridgehead atoms. The van der Waals surface area contributed by atoms with E-state index in [-0.39, 0.29) is 9.75 Å². The minimum atomic E-state index is -0.0556. The molecule has 38 valence electrons. The quantitative estimate of drug-likeness (QED) is 0.331. The predicted molar refractivity (Wildman–Crippen MR) is 19.9 cm³/mol. The summed E-state index contributed by atoms with van der Waals surface area (Å²) in [4.78, 5) is 0.0278. The maximum absolute atomic E-state index is 11.6. The van der Waals surface area contributed by atoms with E-state index in [1.54, 1.807) is 0 Å². The van der Waals surface area contributed by atoms with Crippen LogP contribution < -0.4 is 4.85 Å². The highest BCUT2D eigenvalue weighted by Crippen LogP contribution is 1.75. The topological polar surface area (TPSA) is 31.9 Å². The van der Waals surface area contributed by atoms with Gasteiger partial charge in [0.05, 0.1) is 0 Å². The van der Waals surface area contributed by atoms with Crippen LogP contribution in [0.15, 0.2) is 18.5 Å². The van der Waals surface area contributed by atoms with Crippen LogP contribution in [-0.4, -0.2) is 4.90 Å². The number of halogens is 1. The van der Waals surface area contributed by atoms with Crippen molar-refractivity contribution in [3.8, 4) is 0 Å². The molecule has 1 aromatic rings. The second kappa shape index (κ2) is 1.22. The number of nitrogens with zero attached hydrogens (tertiary/aromatic N) is 2. The molecule has 0 unspecified atom stereocenters. The van der Waals surface area contributed by atoms with Crippen molar-refractivity contribution in [2.45, 2.75) is 0 Å². The van der Waals surface area contributed by atoms with Gasteiger partial charge in [0.25, 0.3) is 0 Å². The van der Waals surface area contributed by atoms with Gasteiger partial charge in [-0.25, -0.2) is 0 Å². The van der Waals surface area contributed by atoms with Gasteiger partial charge >= 0.3 is 0 Å². The Balaban J connectivity index is 3.12. The molecule has 0 aromatic carbocycles. The van der Waals surface area contributed by atoms with E-state index in [1.807, 2.05) is 0 Å². The average Bonchev–Trinajstić information content (AvgIpc) is 1.91. The Hall–Kier alpha value is -1.06. The van der Waals surface area contributed by atoms with Crippen LogP contribution in [0.2, 0.25) is 0 Å². The van der Waals surface area contributed by atoms with Crippen molar-refractivity contribution in [1.82, 2.24) is 4.90 Å². The van der Waals surface area contributed by atoms with Crippen molar-refractivity contribution < 1.29 is 9.33 Å². The molecule has 7 heavy (non-hydrogen) atoms. The molecule has 0 spiro atoms. The van der Waals surface area contributed by atoms with E-state index in [2.05, 4.69) is 0 Å². The highest BCUT2D eigenvalue weighted by molar-refractivity contribution is 4.68. The minimum Gasteiger partial charge on any atom is -0.594 e. The summed E-state index contributed by atoms with van der Waals surface area (Å²) in [6.07, 6.45) is 2.09. The summed E-state index contributed by atoms with van der Waals surface area (Å²) in [5, 5.41) is 9.92. The summed E-state index contributed by atoms with van der Waals surface area (Å²) in [7, 11) is 0. The van der Waals surface area contributed by atoms with Gasteiger partial charge in [-0.15, -0.1) is 0 Å². The molecular formula is C3H3FN2O. The predicted octanol–water partition coefficient (Wildman–Crippen LogP) is -0.146. The molecule has 0 amide bonds. The maximum Gasteiger partial charge on any atom is 0.212 e. The molecule has 0 saturated heterocycles. The zero-order valence-corrected chi connectivity index (χ0v) is 3.41. The molecule has 0 saturated carbocycles. The first-order chi connectivity index (χ1) is 3.30. The van der Waals surface area contributed by atoms with Gasteiger partial charge in [0.2, 0.25) is 6.20 Å². The van der Waals surface area contributed by atoms with Crippen LogP contribution >= 0.6 is 0 Å². The van der Waals surface area contributed by atoms with Crippen LogP contribution in [0.4, 0.5) is 4.48 Å². The van der Waals surface area contributed by atoms with Crippen LogP contribution in [-0.2, 0) is 0 Å². The molecule has 3 nitrogen and oxygen atoms in total. The molecule has 0 aliphatic heterocycles. The molecule has 0 aliphatic carbocycles. The van der Waals surface area contributed by atoms with Gasteiger partial charge in [0, 0.05) is 11.0 Å². The number of hydrogen-bond donors (Lipinski definition) is 0. The van der Waals surface area contributed by atoms with Crippen molar-refractivity contribution in [2.24, 2.45) is 0 Å². The van der Waals surface area contributed by atoms with Crippen molar-refractivity contribution in [2.75, 3.05) is 0 Å². The Kier molecular flexibility index (Phi) is 0.714. The Labute approximate surface area is 39.1 Å². The van der Waals surface area contributed by atoms with E-state index in [4.69, 9.17) is 0 Å². The van der Waals surface area contributed by atoms with Crippen molar-refractivity contribution in [3.63, 3.8) is 0 Å². The van der Waals surface area contributed by atoms with Gasteiger partial charge in [0.15, 0.2) is 0 Å². The summed E-state index contributed by atoms with van der Waals surface area (Å²) >= 11 is 0. The minimum absolute atomic E-state index is 0.0556. The van der Waals surface area contributed by atoms with Gasteiger partial charge < -0.3 is 5.21 Å². The smallest absolute Gasteiger partial charge is 0.212 e. The maximum atomic E-state index is 11.6. The van der Waals surface area contributed by atoms with Crippen LogP contribution in [0.3, 0.4) is 0 Å². The summed E-state index contributed by atoms with van der Waals surface area (Å²) in [5.41, 5.74) is 0. The molecule has 0 aliphatic rings. The van der Waals surface area contributed by atoms with Crippen LogP contribution in [0.5, 0.6) is 0 Å². The fourth-order valence-corrected chi connectivity index (χ4v) is 0.313. The number of hydrogen-bond acceptors (Lipinski definition) is 1. The average molecular weight is 102 g/mol. The first-order valence-electron chi connectivity index (χ1n) is 1.73. The number of aromatic nitrogens is 2. The van der Waals surface area contributed by atoms with Gasteiger partial charge in [-0.3, -0.25) is 0 Å². The lowest BCUT2D eigenvalue weighted by Crippen LogP contribution is -2.31. The second-order valence-corrected chi connectivity index (χ2v) is 1.08. The molecule has 1 heterocycles. The molecule has 1 rings (SSSR count). The van der Waals surface area contributed by atoms with Gasteiger partial charge in [0.1, 0.15) is 6.20 Å². The molecule has 0 atom stereocenters. The van der Waals surface area contributed by atoms with E-state index in [9.17, 15) is 9.69 Å². The normalized spacial score (nSPS) is 9.29. The van der Waals surface area contributed by atoms with E-state index in [1.165, 1.54) is 6.07 Å². The standard InChI is InChI=1S/C3H3FN2O/c4-5-2-1-3-6(5)7/h1-3H. The first kappa shape index (κ1) is 4.11. The highest BCUT2D eigenvalue weighted by atomic mass is 19.2. The summed E-state index contributed by atoms with van der Waals surface area (Å²) in [5.74, 6) is 0. The summed E-state index contributed by atoms with van der Waals surface area (Å²) in [6, 6.07) is 1.31. The van der Waals surface area contributed by atoms with E-state index in [0.29, 0.717) is 0 Å². The number of rotatable bonds is 0. The monoisotopic (exact) mass is 102 g/mol. The summed E-state index contributed by atoms with van der Waals surface area (Å²) < 4.78 is 11.6. The van der Waals surface area contributed by atoms with Gasteiger partial charge in [-0.2, -0.15) is 0 Å². The third-order valence-electron chi connectivity index (χ3n) is 0.611. The Morgan fingerprint density at radius 3 is 2.57 bits per heavy atom. The lowest BCUT2D eigenvalue weighted by molar-refractivity contribution is -0.714. The highest BCUT2D eigenvalue weighted by Gasteiger charge is 1.91. The van der Waals surface area contributed by atoms with Crippen molar-refractivity contribution >= 4 is 0 Å². The fraction of sp³-hybridized carbons (Fsp3) is 0. The first-order valence-corrected chi connectivity index (χ1v) is 1.73. The molecule has 0 fully saturated rings. The molecule has 0 N–H and O–H groups in total. The van der Waals surface area contributed by atoms with Crippen LogP contribution in [0, 0.1) is 5.21 Å². The van der Waals surface area contributed by atoms with E-state index in [0.717, 1.165) is 12.4 Å². The van der Waals surface area contributed by atoms with Crippen LogP contribution in [0.1, 0.15) is 0 Å². The summed E-state index contributed by atoms with van der Waals surface area (Å²) in [6.45, 7) is 0. The molecule has 1 aromatic heterocycles. The van der Waals surface area contributed by atoms with Crippen molar-refractivity contribution in [1.29, 1.82) is 0 Å². The fourth-order valence-electron chi connectivity index (χ4n) is 0.313. The van der Waals surface area contributed by atoms with Crippen molar-refractivity contribution in [3.05, 3.63) is 23.7 Å². The lowest BCUT2D eigenvalue weighted by Gasteiger charge is -1.85.